The quantitative estimate of drug-likeness (QED) is 0.813. The molecule has 1 aromatic carbocycles. The number of aromatic nitrogens is 2. The van der Waals surface area contributed by atoms with E-state index >= 15 is 0 Å². The van der Waals surface area contributed by atoms with E-state index in [-0.39, 0.29) is 18.2 Å². The predicted molar refractivity (Wildman–Crippen MR) is 93.5 cm³/mol. The van der Waals surface area contributed by atoms with Gasteiger partial charge in [0.15, 0.2) is 5.82 Å². The summed E-state index contributed by atoms with van der Waals surface area (Å²) >= 11 is 0. The molecule has 2 aromatic rings. The minimum Gasteiger partial charge on any atom is -0.352 e. The number of amides is 1. The van der Waals surface area contributed by atoms with Crippen molar-refractivity contribution < 1.29 is 9.32 Å². The van der Waals surface area contributed by atoms with Crippen molar-refractivity contribution in [3.63, 3.8) is 0 Å². The van der Waals surface area contributed by atoms with Crippen molar-refractivity contribution in [2.24, 2.45) is 0 Å². The number of rotatable bonds is 6. The van der Waals surface area contributed by atoms with Gasteiger partial charge in [0.05, 0.1) is 13.0 Å². The fraction of sp³-hybridized carbons (Fsp3) is 0.421. The Morgan fingerprint density at radius 1 is 1.32 bits per heavy atom. The van der Waals surface area contributed by atoms with Crippen LogP contribution in [-0.4, -0.2) is 40.6 Å². The first-order valence-corrected chi connectivity index (χ1v) is 8.53. The molecule has 1 saturated heterocycles. The molecule has 1 fully saturated rings. The highest BCUT2D eigenvalue weighted by molar-refractivity contribution is 5.77. The second kappa shape index (κ2) is 8.45. The maximum Gasteiger partial charge on any atom is 0.229 e. The van der Waals surface area contributed by atoms with Gasteiger partial charge in [0.25, 0.3) is 0 Å². The zero-order chi connectivity index (χ0) is 17.5. The molecule has 0 unspecified atom stereocenters. The van der Waals surface area contributed by atoms with E-state index in [2.05, 4.69) is 26.3 Å². The normalized spacial score (nSPS) is 15.6. The summed E-state index contributed by atoms with van der Waals surface area (Å²) in [6.45, 7) is 3.05. The fourth-order valence-electron chi connectivity index (χ4n) is 2.97. The molecule has 0 radical (unpaired) electrons. The lowest BCUT2D eigenvalue weighted by atomic mass is 9.97. The standard InChI is InChI=1S/C19H22N4O2/c1-2-10-23-11-8-16(9-12-23)19-21-17(22-25-19)13-18(24)20-14-15-6-4-3-5-7-15/h1,3-7,16H,8-14H2,(H,20,24). The molecular formula is C19H22N4O2. The van der Waals surface area contributed by atoms with Crippen LogP contribution in [0.4, 0.5) is 0 Å². The van der Waals surface area contributed by atoms with Gasteiger partial charge in [-0.05, 0) is 31.5 Å². The van der Waals surface area contributed by atoms with Crippen molar-refractivity contribution in [2.45, 2.75) is 31.7 Å². The maximum atomic E-state index is 12.0. The largest absolute Gasteiger partial charge is 0.352 e. The van der Waals surface area contributed by atoms with Gasteiger partial charge in [-0.15, -0.1) is 6.42 Å². The first-order valence-electron chi connectivity index (χ1n) is 8.53. The number of nitrogens with zero attached hydrogens (tertiary/aromatic N) is 3. The third-order valence-electron chi connectivity index (χ3n) is 4.39. The zero-order valence-electron chi connectivity index (χ0n) is 14.1. The van der Waals surface area contributed by atoms with Gasteiger partial charge >= 0.3 is 0 Å². The van der Waals surface area contributed by atoms with Crippen molar-refractivity contribution in [2.75, 3.05) is 19.6 Å². The number of piperidine rings is 1. The first-order chi connectivity index (χ1) is 12.2. The van der Waals surface area contributed by atoms with Crippen molar-refractivity contribution in [3.8, 4) is 12.3 Å². The van der Waals surface area contributed by atoms with Gasteiger partial charge < -0.3 is 9.84 Å². The summed E-state index contributed by atoms with van der Waals surface area (Å²) in [5.41, 5.74) is 1.06. The Morgan fingerprint density at radius 2 is 2.08 bits per heavy atom. The average molecular weight is 338 g/mol. The van der Waals surface area contributed by atoms with Crippen LogP contribution in [0.2, 0.25) is 0 Å². The van der Waals surface area contributed by atoms with Gasteiger partial charge in [-0.1, -0.05) is 41.4 Å². The maximum absolute atomic E-state index is 12.0. The summed E-state index contributed by atoms with van der Waals surface area (Å²) in [5, 5.41) is 6.82. The highest BCUT2D eigenvalue weighted by Crippen LogP contribution is 2.26. The van der Waals surface area contributed by atoms with E-state index in [9.17, 15) is 4.79 Å². The summed E-state index contributed by atoms with van der Waals surface area (Å²) in [4.78, 5) is 18.7. The topological polar surface area (TPSA) is 71.3 Å². The van der Waals surface area contributed by atoms with Crippen LogP contribution in [0.25, 0.3) is 0 Å². The second-order valence-electron chi connectivity index (χ2n) is 6.24. The Labute approximate surface area is 147 Å². The Balaban J connectivity index is 1.47. The summed E-state index contributed by atoms with van der Waals surface area (Å²) < 4.78 is 5.36. The first kappa shape index (κ1) is 17.2. The van der Waals surface area contributed by atoms with Crippen LogP contribution < -0.4 is 5.32 Å². The molecule has 2 heterocycles. The number of likely N-dealkylation sites (tertiary alicyclic amines) is 1. The van der Waals surface area contributed by atoms with Crippen LogP contribution >= 0.6 is 0 Å². The molecule has 6 nitrogen and oxygen atoms in total. The zero-order valence-corrected chi connectivity index (χ0v) is 14.1. The molecule has 0 atom stereocenters. The lowest BCUT2D eigenvalue weighted by molar-refractivity contribution is -0.120. The highest BCUT2D eigenvalue weighted by Gasteiger charge is 2.25. The van der Waals surface area contributed by atoms with Gasteiger partial charge in [0, 0.05) is 12.5 Å². The van der Waals surface area contributed by atoms with E-state index in [4.69, 9.17) is 10.9 Å². The fourth-order valence-corrected chi connectivity index (χ4v) is 2.97. The van der Waals surface area contributed by atoms with Crippen LogP contribution in [0.1, 0.15) is 36.0 Å². The third kappa shape index (κ3) is 4.91. The number of nitrogens with one attached hydrogen (secondary N) is 1. The van der Waals surface area contributed by atoms with Crippen molar-refractivity contribution >= 4 is 5.91 Å². The molecule has 0 spiro atoms. The molecule has 25 heavy (non-hydrogen) atoms. The van der Waals surface area contributed by atoms with E-state index in [0.29, 0.717) is 24.8 Å². The van der Waals surface area contributed by atoms with Gasteiger partial charge in [0.2, 0.25) is 11.8 Å². The molecule has 3 rings (SSSR count). The van der Waals surface area contributed by atoms with Gasteiger partial charge in [-0.25, -0.2) is 0 Å². The van der Waals surface area contributed by atoms with E-state index in [0.717, 1.165) is 31.5 Å². The minimum absolute atomic E-state index is 0.111. The molecule has 6 heteroatoms. The number of benzene rings is 1. The van der Waals surface area contributed by atoms with Crippen molar-refractivity contribution in [1.82, 2.24) is 20.4 Å². The Bertz CT molecular complexity index is 727. The van der Waals surface area contributed by atoms with E-state index in [1.807, 2.05) is 30.3 Å². The number of hydrogen-bond donors (Lipinski definition) is 1. The number of terminal acetylenes is 1. The Kier molecular flexibility index (Phi) is 5.81. The SMILES string of the molecule is C#CCN1CCC(c2nc(CC(=O)NCc3ccccc3)no2)CC1. The molecule has 1 N–H and O–H groups in total. The lowest BCUT2D eigenvalue weighted by Crippen LogP contribution is -2.33. The molecule has 0 bridgehead atoms. The Hall–Kier alpha value is -2.65. The van der Waals surface area contributed by atoms with Crippen molar-refractivity contribution in [1.29, 1.82) is 0 Å². The number of carbonyl (C=O) groups excluding carboxylic acids is 1. The molecule has 1 amide bonds. The van der Waals surface area contributed by atoms with Crippen LogP contribution in [0.5, 0.6) is 0 Å². The number of carbonyl (C=O) groups is 1. The van der Waals surface area contributed by atoms with Crippen molar-refractivity contribution in [3.05, 3.63) is 47.6 Å². The third-order valence-corrected chi connectivity index (χ3v) is 4.39. The number of hydrogen-bond acceptors (Lipinski definition) is 5. The van der Waals surface area contributed by atoms with Crippen LogP contribution in [0.15, 0.2) is 34.9 Å². The average Bonchev–Trinajstić information content (AvgIpc) is 3.10. The van der Waals surface area contributed by atoms with E-state index in [1.165, 1.54) is 0 Å². The molecular weight excluding hydrogens is 316 g/mol. The predicted octanol–water partition coefficient (Wildman–Crippen LogP) is 1.74. The van der Waals surface area contributed by atoms with E-state index < -0.39 is 0 Å². The Morgan fingerprint density at radius 3 is 2.80 bits per heavy atom. The lowest BCUT2D eigenvalue weighted by Gasteiger charge is -2.28. The molecule has 0 saturated carbocycles. The van der Waals surface area contributed by atoms with Gasteiger partial charge in [-0.3, -0.25) is 9.69 Å². The van der Waals surface area contributed by atoms with Crippen LogP contribution in [0.3, 0.4) is 0 Å². The summed E-state index contributed by atoms with van der Waals surface area (Å²) in [6, 6.07) is 9.78. The molecule has 130 valence electrons. The van der Waals surface area contributed by atoms with Gasteiger partial charge in [-0.2, -0.15) is 4.98 Å². The molecule has 1 aliphatic rings. The van der Waals surface area contributed by atoms with E-state index in [1.54, 1.807) is 0 Å². The monoisotopic (exact) mass is 338 g/mol. The van der Waals surface area contributed by atoms with Gasteiger partial charge in [0.1, 0.15) is 0 Å². The molecule has 0 aliphatic carbocycles. The van der Waals surface area contributed by atoms with Crippen LogP contribution in [-0.2, 0) is 17.8 Å². The molecule has 1 aliphatic heterocycles. The molecule has 1 aromatic heterocycles. The summed E-state index contributed by atoms with van der Waals surface area (Å²) in [7, 11) is 0. The second-order valence-corrected chi connectivity index (χ2v) is 6.24. The highest BCUT2D eigenvalue weighted by atomic mass is 16.5. The minimum atomic E-state index is -0.111. The smallest absolute Gasteiger partial charge is 0.229 e. The van der Waals surface area contributed by atoms with Crippen LogP contribution in [0, 0.1) is 12.3 Å². The summed E-state index contributed by atoms with van der Waals surface area (Å²) in [6.07, 6.45) is 7.37. The summed E-state index contributed by atoms with van der Waals surface area (Å²) in [5.74, 6) is 3.88.